The SMILES string of the molecule is C=CCCCCCC([O])=O. The molecule has 0 heterocycles. The van der Waals surface area contributed by atoms with Crippen LogP contribution >= 0.6 is 0 Å². The van der Waals surface area contributed by atoms with Gasteiger partial charge in [0.05, 0.1) is 6.42 Å². The fraction of sp³-hybridized carbons (Fsp3) is 0.625. The van der Waals surface area contributed by atoms with Crippen molar-refractivity contribution in [1.82, 2.24) is 0 Å². The molecule has 0 aromatic heterocycles. The Bertz CT molecular complexity index is 108. The largest absolute Gasteiger partial charge is 0.355 e. The van der Waals surface area contributed by atoms with Gasteiger partial charge < -0.3 is 0 Å². The van der Waals surface area contributed by atoms with Gasteiger partial charge in [0.25, 0.3) is 0 Å². The molecule has 0 atom stereocenters. The van der Waals surface area contributed by atoms with E-state index in [-0.39, 0.29) is 6.42 Å². The summed E-state index contributed by atoms with van der Waals surface area (Å²) >= 11 is 0. The van der Waals surface area contributed by atoms with Crippen molar-refractivity contribution in [2.45, 2.75) is 32.1 Å². The van der Waals surface area contributed by atoms with Crippen LogP contribution in [0.3, 0.4) is 0 Å². The van der Waals surface area contributed by atoms with E-state index in [0.29, 0.717) is 0 Å². The second-order valence-corrected chi connectivity index (χ2v) is 2.26. The molecule has 10 heavy (non-hydrogen) atoms. The van der Waals surface area contributed by atoms with Gasteiger partial charge in [-0.25, -0.2) is 9.90 Å². The average Bonchev–Trinajstić information content (AvgIpc) is 1.87. The Morgan fingerprint density at radius 1 is 1.30 bits per heavy atom. The van der Waals surface area contributed by atoms with Gasteiger partial charge in [-0.3, -0.25) is 0 Å². The predicted molar refractivity (Wildman–Crippen MR) is 39.0 cm³/mol. The Morgan fingerprint density at radius 2 is 2.00 bits per heavy atom. The van der Waals surface area contributed by atoms with Gasteiger partial charge in [-0.2, -0.15) is 0 Å². The number of carbonyl (C=O) groups excluding carboxylic acids is 1. The van der Waals surface area contributed by atoms with Gasteiger partial charge >= 0.3 is 5.97 Å². The van der Waals surface area contributed by atoms with Crippen molar-refractivity contribution in [3.05, 3.63) is 12.7 Å². The first-order valence-corrected chi connectivity index (χ1v) is 3.58. The Morgan fingerprint density at radius 3 is 2.50 bits per heavy atom. The Labute approximate surface area is 61.6 Å². The van der Waals surface area contributed by atoms with Crippen LogP contribution in [-0.2, 0) is 9.90 Å². The van der Waals surface area contributed by atoms with Gasteiger partial charge in [0.15, 0.2) is 0 Å². The van der Waals surface area contributed by atoms with Crippen molar-refractivity contribution in [3.63, 3.8) is 0 Å². The highest BCUT2D eigenvalue weighted by Crippen LogP contribution is 2.02. The molecule has 1 radical (unpaired) electrons. The lowest BCUT2D eigenvalue weighted by Crippen LogP contribution is -1.90. The number of hydrogen-bond acceptors (Lipinski definition) is 1. The van der Waals surface area contributed by atoms with E-state index in [1.54, 1.807) is 0 Å². The summed E-state index contributed by atoms with van der Waals surface area (Å²) in [5.41, 5.74) is 0. The Kier molecular flexibility index (Phi) is 5.83. The molecule has 0 amide bonds. The Hall–Kier alpha value is -0.790. The van der Waals surface area contributed by atoms with E-state index in [9.17, 15) is 9.90 Å². The number of unbranched alkanes of at least 4 members (excludes halogenated alkanes) is 3. The maximum absolute atomic E-state index is 9.90. The minimum Gasteiger partial charge on any atom is -0.247 e. The second kappa shape index (κ2) is 6.33. The van der Waals surface area contributed by atoms with Crippen LogP contribution in [0.5, 0.6) is 0 Å². The number of allylic oxidation sites excluding steroid dienone is 1. The van der Waals surface area contributed by atoms with Crippen molar-refractivity contribution in [1.29, 1.82) is 0 Å². The average molecular weight is 141 g/mol. The first-order valence-electron chi connectivity index (χ1n) is 3.58. The van der Waals surface area contributed by atoms with Gasteiger partial charge in [-0.15, -0.1) is 6.58 Å². The summed E-state index contributed by atoms with van der Waals surface area (Å²) in [7, 11) is 0. The Balaban J connectivity index is 2.90. The van der Waals surface area contributed by atoms with Crippen LogP contribution < -0.4 is 0 Å². The highest BCUT2D eigenvalue weighted by Gasteiger charge is 1.96. The third-order valence-electron chi connectivity index (χ3n) is 1.29. The lowest BCUT2D eigenvalue weighted by atomic mass is 10.1. The van der Waals surface area contributed by atoms with Gasteiger partial charge in [0.1, 0.15) is 0 Å². The summed E-state index contributed by atoms with van der Waals surface area (Å²) in [6.07, 6.45) is 5.75. The topological polar surface area (TPSA) is 37.0 Å². The van der Waals surface area contributed by atoms with E-state index in [1.165, 1.54) is 0 Å². The van der Waals surface area contributed by atoms with Crippen molar-refractivity contribution in [2.75, 3.05) is 0 Å². The monoisotopic (exact) mass is 141 g/mol. The van der Waals surface area contributed by atoms with Crippen LogP contribution in [0.25, 0.3) is 0 Å². The molecule has 0 unspecified atom stereocenters. The van der Waals surface area contributed by atoms with Gasteiger partial charge in [-0.1, -0.05) is 12.5 Å². The van der Waals surface area contributed by atoms with E-state index < -0.39 is 5.97 Å². The molecule has 0 N–H and O–H groups in total. The molecule has 0 saturated heterocycles. The summed E-state index contributed by atoms with van der Waals surface area (Å²) in [4.78, 5) is 9.90. The minimum absolute atomic E-state index is 0.192. The summed E-state index contributed by atoms with van der Waals surface area (Å²) in [5, 5.41) is 9.90. The molecular formula is C8H13O2. The normalized spacial score (nSPS) is 9.20. The van der Waals surface area contributed by atoms with E-state index in [4.69, 9.17) is 0 Å². The standard InChI is InChI=1S/C8H13O2/c1-2-3-4-5-6-7-8(9)10/h2H,1,3-7H2. The van der Waals surface area contributed by atoms with Crippen LogP contribution in [0, 0.1) is 0 Å². The predicted octanol–water partition coefficient (Wildman–Crippen LogP) is 2.08. The quantitative estimate of drug-likeness (QED) is 0.412. The van der Waals surface area contributed by atoms with Crippen molar-refractivity contribution in [2.24, 2.45) is 0 Å². The van der Waals surface area contributed by atoms with Crippen molar-refractivity contribution >= 4 is 5.97 Å². The molecule has 2 heteroatoms. The van der Waals surface area contributed by atoms with Crippen LogP contribution in [-0.4, -0.2) is 5.97 Å². The van der Waals surface area contributed by atoms with E-state index in [2.05, 4.69) is 6.58 Å². The highest BCUT2D eigenvalue weighted by molar-refractivity contribution is 5.66. The van der Waals surface area contributed by atoms with Crippen LogP contribution in [0.1, 0.15) is 32.1 Å². The maximum atomic E-state index is 9.90. The number of hydrogen-bond donors (Lipinski definition) is 0. The number of carbonyl (C=O) groups is 1. The van der Waals surface area contributed by atoms with Crippen LogP contribution in [0.15, 0.2) is 12.7 Å². The number of rotatable bonds is 6. The first kappa shape index (κ1) is 9.21. The van der Waals surface area contributed by atoms with Gasteiger partial charge in [-0.05, 0) is 19.3 Å². The summed E-state index contributed by atoms with van der Waals surface area (Å²) in [5.74, 6) is -0.946. The van der Waals surface area contributed by atoms with Crippen molar-refractivity contribution < 1.29 is 9.90 Å². The first-order chi connectivity index (χ1) is 4.77. The fourth-order valence-electron chi connectivity index (χ4n) is 0.735. The molecule has 0 aromatic rings. The van der Waals surface area contributed by atoms with Crippen LogP contribution in [0.4, 0.5) is 0 Å². The second-order valence-electron chi connectivity index (χ2n) is 2.26. The fourth-order valence-corrected chi connectivity index (χ4v) is 0.735. The third-order valence-corrected chi connectivity index (χ3v) is 1.29. The van der Waals surface area contributed by atoms with E-state index in [1.807, 2.05) is 6.08 Å². The molecule has 0 rings (SSSR count). The molecule has 0 spiro atoms. The van der Waals surface area contributed by atoms with Crippen molar-refractivity contribution in [3.8, 4) is 0 Å². The zero-order chi connectivity index (χ0) is 7.82. The maximum Gasteiger partial charge on any atom is 0.355 e. The smallest absolute Gasteiger partial charge is 0.247 e. The van der Waals surface area contributed by atoms with E-state index >= 15 is 0 Å². The lowest BCUT2D eigenvalue weighted by molar-refractivity contribution is -0.143. The molecule has 0 aromatic carbocycles. The highest BCUT2D eigenvalue weighted by atomic mass is 16.4. The van der Waals surface area contributed by atoms with Crippen LogP contribution in [0.2, 0.25) is 0 Å². The molecule has 2 nitrogen and oxygen atoms in total. The third kappa shape index (κ3) is 7.21. The summed E-state index contributed by atoms with van der Waals surface area (Å²) in [6, 6.07) is 0. The molecule has 0 bridgehead atoms. The zero-order valence-corrected chi connectivity index (χ0v) is 6.14. The minimum atomic E-state index is -0.946. The lowest BCUT2D eigenvalue weighted by Gasteiger charge is -1.92. The molecular weight excluding hydrogens is 128 g/mol. The molecule has 0 aliphatic carbocycles. The molecule has 0 saturated carbocycles. The summed E-state index contributed by atoms with van der Waals surface area (Å²) in [6.45, 7) is 3.56. The molecule has 0 aliphatic heterocycles. The van der Waals surface area contributed by atoms with Gasteiger partial charge in [0.2, 0.25) is 0 Å². The molecule has 57 valence electrons. The zero-order valence-electron chi connectivity index (χ0n) is 6.14. The molecule has 0 aliphatic rings. The van der Waals surface area contributed by atoms with Gasteiger partial charge in [0, 0.05) is 0 Å². The molecule has 0 fully saturated rings. The summed E-state index contributed by atoms with van der Waals surface area (Å²) < 4.78 is 0. The van der Waals surface area contributed by atoms with E-state index in [0.717, 1.165) is 25.7 Å².